The van der Waals surface area contributed by atoms with Crippen molar-refractivity contribution in [2.24, 2.45) is 5.10 Å². The van der Waals surface area contributed by atoms with E-state index in [0.717, 1.165) is 0 Å². The van der Waals surface area contributed by atoms with Crippen LogP contribution in [0.2, 0.25) is 0 Å². The second kappa shape index (κ2) is 8.75. The Bertz CT molecular complexity index is 814. The van der Waals surface area contributed by atoms with E-state index in [4.69, 9.17) is 4.74 Å². The summed E-state index contributed by atoms with van der Waals surface area (Å²) in [5.74, 6) is 0.306. The van der Waals surface area contributed by atoms with Gasteiger partial charge in [0.05, 0.1) is 17.2 Å². The molecule has 2 aromatic rings. The summed E-state index contributed by atoms with van der Waals surface area (Å²) in [6.07, 6.45) is 2.00. The monoisotopic (exact) mass is 355 g/mol. The zero-order valence-electron chi connectivity index (χ0n) is 14.9. The lowest BCUT2D eigenvalue weighted by molar-refractivity contribution is -0.385. The van der Waals surface area contributed by atoms with Crippen LogP contribution in [0.5, 0.6) is 5.75 Å². The van der Waals surface area contributed by atoms with Crippen molar-refractivity contribution in [1.29, 1.82) is 0 Å². The minimum absolute atomic E-state index is 0.0449. The van der Waals surface area contributed by atoms with Crippen molar-refractivity contribution in [3.63, 3.8) is 0 Å². The molecule has 136 valence electrons. The topological polar surface area (TPSA) is 93.8 Å². The lowest BCUT2D eigenvalue weighted by atomic mass is 10.1. The Labute approximate surface area is 151 Å². The third kappa shape index (κ3) is 5.14. The van der Waals surface area contributed by atoms with Crippen molar-refractivity contribution >= 4 is 17.8 Å². The first-order chi connectivity index (χ1) is 12.4. The highest BCUT2D eigenvalue weighted by molar-refractivity contribution is 5.95. The Morgan fingerprint density at radius 1 is 1.27 bits per heavy atom. The predicted molar refractivity (Wildman–Crippen MR) is 99.7 cm³/mol. The molecular formula is C19H21N3O4. The van der Waals surface area contributed by atoms with Crippen LogP contribution in [0.3, 0.4) is 0 Å². The Balaban J connectivity index is 2.02. The van der Waals surface area contributed by atoms with Crippen LogP contribution in [0.4, 0.5) is 5.69 Å². The van der Waals surface area contributed by atoms with Gasteiger partial charge in [-0.05, 0) is 44.5 Å². The van der Waals surface area contributed by atoms with Crippen molar-refractivity contribution < 1.29 is 14.5 Å². The number of nitrogens with zero attached hydrogens (tertiary/aromatic N) is 2. The summed E-state index contributed by atoms with van der Waals surface area (Å²) in [6.45, 7) is 5.70. The van der Waals surface area contributed by atoms with Crippen LogP contribution in [0.1, 0.15) is 42.3 Å². The van der Waals surface area contributed by atoms with Gasteiger partial charge in [-0.1, -0.05) is 19.1 Å². The van der Waals surface area contributed by atoms with E-state index in [2.05, 4.69) is 10.5 Å². The number of nitro groups is 1. The van der Waals surface area contributed by atoms with Crippen molar-refractivity contribution in [2.45, 2.75) is 33.3 Å². The van der Waals surface area contributed by atoms with Crippen molar-refractivity contribution in [3.05, 3.63) is 69.3 Å². The van der Waals surface area contributed by atoms with Crippen molar-refractivity contribution in [2.75, 3.05) is 0 Å². The lowest BCUT2D eigenvalue weighted by Crippen LogP contribution is -2.17. The molecule has 0 saturated heterocycles. The van der Waals surface area contributed by atoms with Gasteiger partial charge in [-0.15, -0.1) is 0 Å². The number of nitro benzene ring substituents is 1. The van der Waals surface area contributed by atoms with Gasteiger partial charge in [0.1, 0.15) is 5.75 Å². The number of amides is 1. The molecular weight excluding hydrogens is 334 g/mol. The van der Waals surface area contributed by atoms with Crippen LogP contribution in [0.15, 0.2) is 47.6 Å². The minimum atomic E-state index is -0.421. The van der Waals surface area contributed by atoms with E-state index in [1.165, 1.54) is 12.3 Å². The molecule has 0 bridgehead atoms. The molecule has 2 aromatic carbocycles. The third-order valence-corrected chi connectivity index (χ3v) is 3.55. The maximum absolute atomic E-state index is 12.1. The summed E-state index contributed by atoms with van der Waals surface area (Å²) >= 11 is 0. The molecule has 2 rings (SSSR count). The van der Waals surface area contributed by atoms with E-state index < -0.39 is 4.92 Å². The molecule has 0 aliphatic heterocycles. The zero-order valence-corrected chi connectivity index (χ0v) is 14.9. The molecule has 0 aromatic heterocycles. The lowest BCUT2D eigenvalue weighted by Gasteiger charge is -2.09. The Hall–Kier alpha value is -3.22. The largest absolute Gasteiger partial charge is 0.491 e. The van der Waals surface area contributed by atoms with E-state index in [9.17, 15) is 14.9 Å². The van der Waals surface area contributed by atoms with Gasteiger partial charge in [-0.2, -0.15) is 5.10 Å². The molecule has 0 atom stereocenters. The van der Waals surface area contributed by atoms with E-state index in [1.54, 1.807) is 36.4 Å². The van der Waals surface area contributed by atoms with Crippen LogP contribution in [0, 0.1) is 10.1 Å². The number of hydrazone groups is 1. The number of hydrogen-bond acceptors (Lipinski definition) is 5. The van der Waals surface area contributed by atoms with Gasteiger partial charge in [-0.3, -0.25) is 14.9 Å². The van der Waals surface area contributed by atoms with Crippen molar-refractivity contribution in [3.8, 4) is 5.75 Å². The number of ether oxygens (including phenoxy) is 1. The van der Waals surface area contributed by atoms with E-state index in [-0.39, 0.29) is 17.7 Å². The number of carbonyl (C=O) groups is 1. The van der Waals surface area contributed by atoms with Gasteiger partial charge in [0.25, 0.3) is 11.6 Å². The van der Waals surface area contributed by atoms with Crippen LogP contribution in [0.25, 0.3) is 0 Å². The molecule has 0 unspecified atom stereocenters. The molecule has 0 saturated carbocycles. The van der Waals surface area contributed by atoms with E-state index in [1.807, 2.05) is 20.8 Å². The Morgan fingerprint density at radius 3 is 2.54 bits per heavy atom. The fourth-order valence-corrected chi connectivity index (χ4v) is 2.32. The summed E-state index contributed by atoms with van der Waals surface area (Å²) in [4.78, 5) is 22.7. The number of aryl methyl sites for hydroxylation is 1. The molecule has 1 N–H and O–H groups in total. The first-order valence-corrected chi connectivity index (χ1v) is 8.28. The first-order valence-electron chi connectivity index (χ1n) is 8.28. The minimum Gasteiger partial charge on any atom is -0.491 e. The molecule has 0 heterocycles. The summed E-state index contributed by atoms with van der Waals surface area (Å²) in [5.41, 5.74) is 4.08. The molecule has 0 aliphatic carbocycles. The molecule has 0 radical (unpaired) electrons. The Morgan fingerprint density at radius 2 is 1.96 bits per heavy atom. The number of hydrogen-bond donors (Lipinski definition) is 1. The molecule has 0 fully saturated rings. The zero-order chi connectivity index (χ0) is 19.1. The summed E-state index contributed by atoms with van der Waals surface area (Å²) in [6, 6.07) is 11.6. The second-order valence-electron chi connectivity index (χ2n) is 5.89. The molecule has 0 spiro atoms. The average Bonchev–Trinajstić information content (AvgIpc) is 2.61. The third-order valence-electron chi connectivity index (χ3n) is 3.55. The van der Waals surface area contributed by atoms with Crippen LogP contribution < -0.4 is 10.2 Å². The van der Waals surface area contributed by atoms with Gasteiger partial charge in [0, 0.05) is 22.8 Å². The standard InChI is InChI=1S/C19H21N3O4/c1-4-15-6-5-14(11-18(15)22(24)25)12-20-21-19(23)16-7-9-17(10-8-16)26-13(2)3/h5-13H,4H2,1-3H3,(H,21,23)/b20-12-. The van der Waals surface area contributed by atoms with Crippen LogP contribution in [-0.2, 0) is 6.42 Å². The normalized spacial score (nSPS) is 10.9. The molecule has 7 nitrogen and oxygen atoms in total. The number of nitrogens with one attached hydrogen (secondary N) is 1. The SMILES string of the molecule is CCc1ccc(/C=N\NC(=O)c2ccc(OC(C)C)cc2)cc1[N+](=O)[O-]. The summed E-state index contributed by atoms with van der Waals surface area (Å²) in [7, 11) is 0. The number of rotatable bonds is 7. The van der Waals surface area contributed by atoms with Gasteiger partial charge in [-0.25, -0.2) is 5.43 Å². The Kier molecular flexibility index (Phi) is 6.43. The van der Waals surface area contributed by atoms with Gasteiger partial charge in [0.15, 0.2) is 0 Å². The first kappa shape index (κ1) is 19.1. The highest BCUT2D eigenvalue weighted by atomic mass is 16.6. The fraction of sp³-hybridized carbons (Fsp3) is 0.263. The maximum atomic E-state index is 12.1. The van der Waals surface area contributed by atoms with E-state index in [0.29, 0.717) is 28.9 Å². The fourth-order valence-electron chi connectivity index (χ4n) is 2.32. The van der Waals surface area contributed by atoms with Gasteiger partial charge >= 0.3 is 0 Å². The highest BCUT2D eigenvalue weighted by Gasteiger charge is 2.12. The average molecular weight is 355 g/mol. The van der Waals surface area contributed by atoms with Gasteiger partial charge in [0.2, 0.25) is 0 Å². The quantitative estimate of drug-likeness (QED) is 0.465. The predicted octanol–water partition coefficient (Wildman–Crippen LogP) is 3.71. The van der Waals surface area contributed by atoms with Crippen LogP contribution >= 0.6 is 0 Å². The maximum Gasteiger partial charge on any atom is 0.273 e. The second-order valence-corrected chi connectivity index (χ2v) is 5.89. The summed E-state index contributed by atoms with van der Waals surface area (Å²) < 4.78 is 5.52. The smallest absolute Gasteiger partial charge is 0.273 e. The molecule has 7 heteroatoms. The summed E-state index contributed by atoms with van der Waals surface area (Å²) in [5, 5.41) is 14.9. The molecule has 26 heavy (non-hydrogen) atoms. The number of carbonyl (C=O) groups excluding carboxylic acids is 1. The molecule has 1 amide bonds. The highest BCUT2D eigenvalue weighted by Crippen LogP contribution is 2.20. The molecule has 0 aliphatic rings. The van der Waals surface area contributed by atoms with Crippen LogP contribution in [-0.4, -0.2) is 23.1 Å². The number of benzene rings is 2. The van der Waals surface area contributed by atoms with Gasteiger partial charge < -0.3 is 4.74 Å². The van der Waals surface area contributed by atoms with E-state index >= 15 is 0 Å². The van der Waals surface area contributed by atoms with Crippen molar-refractivity contribution in [1.82, 2.24) is 5.43 Å².